The van der Waals surface area contributed by atoms with Crippen molar-refractivity contribution < 1.29 is 9.59 Å². The first-order chi connectivity index (χ1) is 12.3. The first-order valence-corrected chi connectivity index (χ1v) is 8.74. The smallest absolute Gasteiger partial charge is 0.238 e. The predicted octanol–water partition coefficient (Wildman–Crippen LogP) is 3.70. The van der Waals surface area contributed by atoms with Gasteiger partial charge in [-0.3, -0.25) is 14.5 Å². The van der Waals surface area contributed by atoms with Crippen molar-refractivity contribution in [3.05, 3.63) is 65.0 Å². The quantitative estimate of drug-likeness (QED) is 0.567. The van der Waals surface area contributed by atoms with E-state index in [2.05, 4.69) is 11.9 Å². The number of hydrogen-bond acceptors (Lipinski definition) is 3. The molecule has 2 aromatic rings. The Morgan fingerprint density at radius 2 is 1.88 bits per heavy atom. The van der Waals surface area contributed by atoms with Crippen molar-refractivity contribution >= 4 is 29.0 Å². The lowest BCUT2D eigenvalue weighted by atomic mass is 10.1. The summed E-state index contributed by atoms with van der Waals surface area (Å²) in [5.74, 6) is -0.185. The second-order valence-corrected chi connectivity index (χ2v) is 6.77. The van der Waals surface area contributed by atoms with Gasteiger partial charge in [-0.1, -0.05) is 17.7 Å². The molecule has 0 fully saturated rings. The molecular weight excluding hydrogens is 350 g/mol. The Balaban J connectivity index is 1.94. The topological polar surface area (TPSA) is 54.3 Å². The van der Waals surface area contributed by atoms with E-state index < -0.39 is 0 Å². The van der Waals surface area contributed by atoms with E-state index in [0.29, 0.717) is 22.8 Å². The zero-order chi connectivity index (χ0) is 19.3. The number of carbonyl (C=O) groups excluding carboxylic acids is 2. The lowest BCUT2D eigenvalue weighted by Crippen LogP contribution is -2.34. The van der Waals surface area contributed by atoms with E-state index in [1.807, 2.05) is 30.6 Å². The second-order valence-electron chi connectivity index (χ2n) is 6.33. The highest BCUT2D eigenvalue weighted by Crippen LogP contribution is 2.16. The number of anilines is 1. The minimum atomic E-state index is -0.181. The third-order valence-electron chi connectivity index (χ3n) is 4.14. The van der Waals surface area contributed by atoms with E-state index in [0.717, 1.165) is 11.4 Å². The largest absolute Gasteiger partial charge is 0.345 e. The van der Waals surface area contributed by atoms with Gasteiger partial charge in [-0.05, 0) is 51.2 Å². The Labute approximate surface area is 159 Å². The van der Waals surface area contributed by atoms with Gasteiger partial charge in [0.2, 0.25) is 5.91 Å². The Morgan fingerprint density at radius 3 is 2.50 bits per heavy atom. The van der Waals surface area contributed by atoms with Crippen molar-refractivity contribution in [2.45, 2.75) is 20.4 Å². The summed E-state index contributed by atoms with van der Waals surface area (Å²) in [6.45, 7) is 8.61. The first kappa shape index (κ1) is 19.9. The SMILES string of the molecule is C=CCn1c(C)cc(C(=O)CN(C)CC(=O)Nc2ccc(Cl)cc2)c1C. The van der Waals surface area contributed by atoms with Gasteiger partial charge in [-0.25, -0.2) is 0 Å². The van der Waals surface area contributed by atoms with Gasteiger partial charge in [0.1, 0.15) is 0 Å². The van der Waals surface area contributed by atoms with Crippen LogP contribution in [-0.2, 0) is 11.3 Å². The molecule has 0 aliphatic carbocycles. The summed E-state index contributed by atoms with van der Waals surface area (Å²) < 4.78 is 2.05. The van der Waals surface area contributed by atoms with Crippen molar-refractivity contribution in [2.24, 2.45) is 0 Å². The Morgan fingerprint density at radius 1 is 1.23 bits per heavy atom. The van der Waals surface area contributed by atoms with E-state index in [1.165, 1.54) is 0 Å². The number of aryl methyl sites for hydroxylation is 1. The molecule has 0 atom stereocenters. The van der Waals surface area contributed by atoms with Crippen molar-refractivity contribution in [2.75, 3.05) is 25.5 Å². The van der Waals surface area contributed by atoms with Crippen LogP contribution >= 0.6 is 11.6 Å². The molecule has 0 unspecified atom stereocenters. The fraction of sp³-hybridized carbons (Fsp3) is 0.300. The van der Waals surface area contributed by atoms with Gasteiger partial charge < -0.3 is 9.88 Å². The maximum absolute atomic E-state index is 12.6. The van der Waals surface area contributed by atoms with E-state index >= 15 is 0 Å². The predicted molar refractivity (Wildman–Crippen MR) is 106 cm³/mol. The summed E-state index contributed by atoms with van der Waals surface area (Å²) in [7, 11) is 1.75. The number of allylic oxidation sites excluding steroid dienone is 1. The number of nitrogens with zero attached hydrogens (tertiary/aromatic N) is 2. The fourth-order valence-electron chi connectivity index (χ4n) is 2.86. The minimum Gasteiger partial charge on any atom is -0.345 e. The van der Waals surface area contributed by atoms with Crippen LogP contribution in [0.3, 0.4) is 0 Å². The van der Waals surface area contributed by atoms with Crippen LogP contribution in [0, 0.1) is 13.8 Å². The molecule has 1 aromatic carbocycles. The molecule has 0 bridgehead atoms. The van der Waals surface area contributed by atoms with Crippen LogP contribution in [-0.4, -0.2) is 41.3 Å². The zero-order valence-electron chi connectivity index (χ0n) is 15.4. The summed E-state index contributed by atoms with van der Waals surface area (Å²) in [5, 5.41) is 3.40. The Hall–Kier alpha value is -2.37. The van der Waals surface area contributed by atoms with Gasteiger partial charge in [0.15, 0.2) is 5.78 Å². The number of hydrogen-bond donors (Lipinski definition) is 1. The standard InChI is InChI=1S/C20H24ClN3O2/c1-5-10-24-14(2)11-18(15(24)3)19(25)12-23(4)13-20(26)22-17-8-6-16(21)7-9-17/h5-9,11H,1,10,12-13H2,2-4H3,(H,22,26). The molecular formula is C20H24ClN3O2. The molecule has 1 N–H and O–H groups in total. The fourth-order valence-corrected chi connectivity index (χ4v) is 2.98. The monoisotopic (exact) mass is 373 g/mol. The number of Topliss-reactive ketones (excluding diaryl/α,β-unsaturated/α-hetero) is 1. The Kier molecular flexibility index (Phi) is 6.77. The lowest BCUT2D eigenvalue weighted by Gasteiger charge is -2.15. The van der Waals surface area contributed by atoms with Crippen LogP contribution in [0.15, 0.2) is 43.0 Å². The molecule has 26 heavy (non-hydrogen) atoms. The second kappa shape index (κ2) is 8.83. The van der Waals surface area contributed by atoms with Crippen LogP contribution in [0.4, 0.5) is 5.69 Å². The van der Waals surface area contributed by atoms with E-state index in [9.17, 15) is 9.59 Å². The number of benzene rings is 1. The molecule has 0 aliphatic rings. The number of nitrogens with one attached hydrogen (secondary N) is 1. The average Bonchev–Trinajstić information content (AvgIpc) is 2.85. The molecule has 1 aromatic heterocycles. The highest BCUT2D eigenvalue weighted by Gasteiger charge is 2.18. The maximum atomic E-state index is 12.6. The summed E-state index contributed by atoms with van der Waals surface area (Å²) in [6, 6.07) is 8.79. The van der Waals surface area contributed by atoms with Gasteiger partial charge in [-0.15, -0.1) is 6.58 Å². The molecule has 0 saturated carbocycles. The van der Waals surface area contributed by atoms with E-state index in [4.69, 9.17) is 11.6 Å². The van der Waals surface area contributed by atoms with Crippen LogP contribution in [0.2, 0.25) is 5.02 Å². The Bertz CT molecular complexity index is 809. The molecule has 0 aliphatic heterocycles. The van der Waals surface area contributed by atoms with Gasteiger partial charge in [-0.2, -0.15) is 0 Å². The lowest BCUT2D eigenvalue weighted by molar-refractivity contribution is -0.116. The van der Waals surface area contributed by atoms with Crippen LogP contribution in [0.25, 0.3) is 0 Å². The molecule has 2 rings (SSSR count). The number of amides is 1. The molecule has 1 heterocycles. The molecule has 6 heteroatoms. The van der Waals surface area contributed by atoms with Crippen molar-refractivity contribution in [1.82, 2.24) is 9.47 Å². The average molecular weight is 374 g/mol. The number of aromatic nitrogens is 1. The summed E-state index contributed by atoms with van der Waals surface area (Å²) in [4.78, 5) is 26.4. The number of rotatable bonds is 8. The minimum absolute atomic E-state index is 0.00444. The zero-order valence-corrected chi connectivity index (χ0v) is 16.1. The number of carbonyl (C=O) groups is 2. The molecule has 5 nitrogen and oxygen atoms in total. The third-order valence-corrected chi connectivity index (χ3v) is 4.39. The summed E-state index contributed by atoms with van der Waals surface area (Å²) in [5.41, 5.74) is 3.31. The molecule has 0 spiro atoms. The van der Waals surface area contributed by atoms with E-state index in [1.54, 1.807) is 36.2 Å². The first-order valence-electron chi connectivity index (χ1n) is 8.36. The number of halogens is 1. The molecule has 0 saturated heterocycles. The van der Waals surface area contributed by atoms with Crippen molar-refractivity contribution in [1.29, 1.82) is 0 Å². The highest BCUT2D eigenvalue weighted by molar-refractivity contribution is 6.30. The summed E-state index contributed by atoms with van der Waals surface area (Å²) >= 11 is 5.83. The van der Waals surface area contributed by atoms with Crippen LogP contribution in [0.1, 0.15) is 21.7 Å². The van der Waals surface area contributed by atoms with Gasteiger partial charge >= 0.3 is 0 Å². The van der Waals surface area contributed by atoms with Gasteiger partial charge in [0.25, 0.3) is 0 Å². The third kappa shape index (κ3) is 5.07. The maximum Gasteiger partial charge on any atom is 0.238 e. The molecule has 138 valence electrons. The van der Waals surface area contributed by atoms with Crippen LogP contribution < -0.4 is 5.32 Å². The number of ketones is 1. The van der Waals surface area contributed by atoms with E-state index in [-0.39, 0.29) is 24.8 Å². The van der Waals surface area contributed by atoms with Crippen LogP contribution in [0.5, 0.6) is 0 Å². The normalized spacial score (nSPS) is 10.8. The highest BCUT2D eigenvalue weighted by atomic mass is 35.5. The molecule has 0 radical (unpaired) electrons. The van der Waals surface area contributed by atoms with Crippen molar-refractivity contribution in [3.8, 4) is 0 Å². The summed E-state index contributed by atoms with van der Waals surface area (Å²) in [6.07, 6.45) is 1.81. The van der Waals surface area contributed by atoms with Gasteiger partial charge in [0.05, 0.1) is 13.1 Å². The number of likely N-dealkylation sites (N-methyl/N-ethyl adjacent to an activating group) is 1. The molecule has 1 amide bonds. The van der Waals surface area contributed by atoms with Gasteiger partial charge in [0, 0.05) is 34.2 Å². The van der Waals surface area contributed by atoms with Crippen molar-refractivity contribution in [3.63, 3.8) is 0 Å².